The molecule has 0 aliphatic rings. The number of amides is 8. The fraction of sp³-hybridized carbons (Fsp3) is 0.938. The molecule has 0 radical (unpaired) electrons. The first kappa shape index (κ1) is 147. The summed E-state index contributed by atoms with van der Waals surface area (Å²) < 4.78 is 36.5. The van der Waals surface area contributed by atoms with Crippen LogP contribution in [0.4, 0.5) is 18.4 Å². The molecule has 0 fully saturated rings. The number of alkyl carbamates (subject to hydrolysis) is 1. The van der Waals surface area contributed by atoms with Crippen molar-refractivity contribution in [3.63, 3.8) is 0 Å². The van der Waals surface area contributed by atoms with Gasteiger partial charge in [0.25, 0.3) is 11.8 Å². The molecular formula is C130H254F2N8O10. The minimum Gasteiger partial charge on any atom is -0.465 e. The Bertz CT molecular complexity index is 2950. The first-order chi connectivity index (χ1) is 72.7. The molecule has 0 bridgehead atoms. The second-order valence-electron chi connectivity index (χ2n) is 47.6. The Morgan fingerprint density at radius 2 is 0.373 bits per heavy atom. The number of ether oxygens (including phenoxy) is 1. The molecule has 2 unspecified atom stereocenters. The van der Waals surface area contributed by atoms with E-state index in [4.69, 9.17) is 4.74 Å². The fourth-order valence-electron chi connectivity index (χ4n) is 20.9. The van der Waals surface area contributed by atoms with Crippen molar-refractivity contribution < 1.29 is 57.0 Å². The zero-order valence-corrected chi connectivity index (χ0v) is 102. The number of carboxylic acid groups (broad SMARTS) is 1. The lowest BCUT2D eigenvalue weighted by Crippen LogP contribution is -2.47. The number of unbranched alkanes of at least 4 members (excludes halogenated alkanes) is 72. The van der Waals surface area contributed by atoms with Crippen LogP contribution < -0.4 is 5.32 Å². The number of hydrogen-bond donors (Lipinski definition) is 2. The molecule has 2 atom stereocenters. The summed E-state index contributed by atoms with van der Waals surface area (Å²) in [4.78, 5) is 118. The third-order valence-electron chi connectivity index (χ3n) is 30.8. The summed E-state index contributed by atoms with van der Waals surface area (Å²) in [6.07, 6.45) is 96.4. The Balaban J connectivity index is 0. The summed E-state index contributed by atoms with van der Waals surface area (Å²) in [6, 6.07) is 0. The van der Waals surface area contributed by atoms with E-state index < -0.39 is 47.5 Å². The number of carbonyl (C=O) groups excluding carboxylic acids is 7. The normalized spacial score (nSPS) is 12.0. The first-order valence-electron chi connectivity index (χ1n) is 65.7. The predicted octanol–water partition coefficient (Wildman–Crippen LogP) is 38.2. The van der Waals surface area contributed by atoms with Crippen molar-refractivity contribution in [3.8, 4) is 0 Å². The van der Waals surface area contributed by atoms with Gasteiger partial charge in [-0.05, 0) is 144 Å². The Kier molecular flexibility index (Phi) is 108. The number of halogens is 2. The van der Waals surface area contributed by atoms with Crippen LogP contribution >= 0.6 is 0 Å². The highest BCUT2D eigenvalue weighted by Crippen LogP contribution is 2.26. The van der Waals surface area contributed by atoms with E-state index in [0.717, 1.165) is 258 Å². The van der Waals surface area contributed by atoms with E-state index in [-0.39, 0.29) is 25.9 Å². The van der Waals surface area contributed by atoms with Gasteiger partial charge in [0.2, 0.25) is 23.6 Å². The zero-order valence-electron chi connectivity index (χ0n) is 102. The maximum atomic E-state index is 15.7. The number of hydrogen-bond acceptors (Lipinski definition) is 9. The van der Waals surface area contributed by atoms with Crippen molar-refractivity contribution in [1.29, 1.82) is 0 Å². The monoisotopic (exact) mass is 2130 g/mol. The van der Waals surface area contributed by atoms with Crippen LogP contribution in [-0.2, 0) is 33.5 Å². The van der Waals surface area contributed by atoms with E-state index in [1.807, 2.05) is 0 Å². The average molecular weight is 2130 g/mol. The van der Waals surface area contributed by atoms with Gasteiger partial charge in [0.05, 0.1) is 0 Å². The highest BCUT2D eigenvalue weighted by Gasteiger charge is 2.31. The van der Waals surface area contributed by atoms with Crippen LogP contribution in [0, 0.1) is 0 Å². The summed E-state index contributed by atoms with van der Waals surface area (Å²) in [5.41, 5.74) is -1.34. The molecule has 0 rings (SSSR count). The number of nitrogens with one attached hydrogen (secondary N) is 1. The van der Waals surface area contributed by atoms with E-state index in [1.54, 1.807) is 51.3 Å². The van der Waals surface area contributed by atoms with Gasteiger partial charge in [0, 0.05) is 136 Å². The number of carbonyl (C=O) groups is 8. The lowest BCUT2D eigenvalue weighted by molar-refractivity contribution is -0.137. The molecule has 18 nitrogen and oxygen atoms in total. The summed E-state index contributed by atoms with van der Waals surface area (Å²) in [6.45, 7) is 37.8. The van der Waals surface area contributed by atoms with Gasteiger partial charge in [0.15, 0.2) is 12.3 Å². The molecule has 0 aromatic carbocycles. The van der Waals surface area contributed by atoms with Crippen LogP contribution in [0.2, 0.25) is 0 Å². The van der Waals surface area contributed by atoms with Gasteiger partial charge in [-0.3, -0.25) is 28.8 Å². The average Bonchev–Trinajstić information content (AvgIpc) is 0.848. The minimum absolute atomic E-state index is 0.0325. The molecule has 8 amide bonds. The van der Waals surface area contributed by atoms with E-state index in [9.17, 15) is 43.5 Å². The highest BCUT2D eigenvalue weighted by atomic mass is 19.1. The van der Waals surface area contributed by atoms with Crippen molar-refractivity contribution in [2.24, 2.45) is 0 Å². The molecule has 0 spiro atoms. The van der Waals surface area contributed by atoms with Gasteiger partial charge >= 0.3 is 12.2 Å². The second-order valence-corrected chi connectivity index (χ2v) is 47.6. The van der Waals surface area contributed by atoms with Crippen LogP contribution in [0.1, 0.15) is 675 Å². The van der Waals surface area contributed by atoms with Gasteiger partial charge in [-0.2, -0.15) is 0 Å². The molecule has 0 aliphatic heterocycles. The van der Waals surface area contributed by atoms with Gasteiger partial charge in [-0.1, -0.05) is 492 Å². The van der Waals surface area contributed by atoms with Gasteiger partial charge in [0.1, 0.15) is 5.60 Å². The number of alkyl halides is 2. The van der Waals surface area contributed by atoms with E-state index >= 15 is 8.78 Å². The van der Waals surface area contributed by atoms with Crippen molar-refractivity contribution in [2.75, 3.05) is 91.6 Å². The van der Waals surface area contributed by atoms with Crippen LogP contribution in [0.15, 0.2) is 0 Å². The molecule has 0 saturated heterocycles. The maximum absolute atomic E-state index is 15.7. The Labute approximate surface area is 928 Å². The topological polar surface area (TPSA) is 201 Å². The smallest absolute Gasteiger partial charge is 0.407 e. The molecule has 20 heteroatoms. The molecule has 0 aromatic rings. The third-order valence-corrected chi connectivity index (χ3v) is 30.8. The maximum Gasteiger partial charge on any atom is 0.407 e. The predicted molar refractivity (Wildman–Crippen MR) is 639 cm³/mol. The summed E-state index contributed by atoms with van der Waals surface area (Å²) in [7, 11) is 0. The SMILES string of the molecule is CCCCCCCCCCN(CCCCCCCCN(CCCCCCCC(=O)N(CCCCCCCCCC)CCCCCCCCCC)C(=O)C(F)CCN(C(=O)O)C(C)(C)C)C(=O)CCCCCCCCC.CCCCCCCCCCN(CCCCCCCCN(CCCCCCCC(=O)N(CCCCCCCCCC)CCCCCCCCCC)C(=O)C(F)CCNC(=O)OC(C)(C)C)C(=O)CCCCCCCCC. The summed E-state index contributed by atoms with van der Waals surface area (Å²) in [5, 5.41) is 12.4. The summed E-state index contributed by atoms with van der Waals surface area (Å²) >= 11 is 0. The molecule has 888 valence electrons. The van der Waals surface area contributed by atoms with Gasteiger partial charge in [-0.15, -0.1) is 0 Å². The van der Waals surface area contributed by atoms with Gasteiger partial charge in [-0.25, -0.2) is 18.4 Å². The largest absolute Gasteiger partial charge is 0.465 e. The van der Waals surface area contributed by atoms with Crippen molar-refractivity contribution >= 4 is 47.6 Å². The second kappa shape index (κ2) is 110. The van der Waals surface area contributed by atoms with Gasteiger partial charge < -0.3 is 49.5 Å². The van der Waals surface area contributed by atoms with Crippen molar-refractivity contribution in [1.82, 2.24) is 39.6 Å². The standard InChI is InChI=1S/2C65H127FN4O5/c1-8-12-16-20-24-28-36-44-54-68(55-45-37-29-25-21-17-13-9-2)62(72)51-43-35-33-41-49-59-70(63(73)60(66)52-53-67-64(74)75-65(5,6)7)58-48-40-32-31-39-47-57-69(56-46-38-30-26-22-18-14-10-3)61(71)50-42-34-27-23-19-15-11-4;1-8-12-16-20-24-28-36-44-53-67(54-45-37-29-25-21-17-13-9-2)62(72)51-43-35-33-41-49-58-69(63(73)60(66)52-59-70(64(74)75)65(5,6)7)57-48-40-32-31-39-47-56-68(55-46-38-30-26-22-18-14-10-3)61(71)50-42-34-27-23-19-15-11-4/h60H,8-59H2,1-7H3,(H,67,74);60H,8-59H2,1-7H3,(H,74,75). The lowest BCUT2D eigenvalue weighted by atomic mass is 10.1. The quantitative estimate of drug-likeness (QED) is 0.0552. The summed E-state index contributed by atoms with van der Waals surface area (Å²) in [5.74, 6) is 0.284. The molecule has 0 aromatic heterocycles. The lowest BCUT2D eigenvalue weighted by Gasteiger charge is -2.33. The Morgan fingerprint density at radius 3 is 0.533 bits per heavy atom. The first-order valence-corrected chi connectivity index (χ1v) is 65.7. The van der Waals surface area contributed by atoms with Crippen LogP contribution in [-0.4, -0.2) is 202 Å². The molecular weight excluding hydrogens is 1870 g/mol. The molecule has 2 N–H and O–H groups in total. The van der Waals surface area contributed by atoms with Crippen LogP contribution in [0.25, 0.3) is 0 Å². The molecule has 150 heavy (non-hydrogen) atoms. The van der Waals surface area contributed by atoms with Crippen molar-refractivity contribution in [3.05, 3.63) is 0 Å². The Hall–Kier alpha value is -4.78. The van der Waals surface area contributed by atoms with Crippen LogP contribution in [0.3, 0.4) is 0 Å². The van der Waals surface area contributed by atoms with E-state index in [0.29, 0.717) is 75.5 Å². The highest BCUT2D eigenvalue weighted by molar-refractivity contribution is 5.82. The molecule has 0 aliphatic carbocycles. The zero-order chi connectivity index (χ0) is 111. The van der Waals surface area contributed by atoms with E-state index in [2.05, 4.69) is 80.3 Å². The van der Waals surface area contributed by atoms with Crippen LogP contribution in [0.5, 0.6) is 0 Å². The van der Waals surface area contributed by atoms with Crippen molar-refractivity contribution in [2.45, 2.75) is 698 Å². The van der Waals surface area contributed by atoms with E-state index in [1.165, 1.54) is 339 Å². The number of nitrogens with zero attached hydrogens (tertiary/aromatic N) is 7. The molecule has 0 heterocycles. The fourth-order valence-corrected chi connectivity index (χ4v) is 20.9. The minimum atomic E-state index is -1.75. The Morgan fingerprint density at radius 1 is 0.220 bits per heavy atom. The third kappa shape index (κ3) is 96.5. The number of rotatable bonds is 112. The molecule has 0 saturated carbocycles.